The predicted octanol–water partition coefficient (Wildman–Crippen LogP) is 4.02. The molecule has 0 bridgehead atoms. The summed E-state index contributed by atoms with van der Waals surface area (Å²) in [5, 5.41) is 13.4. The van der Waals surface area contributed by atoms with Crippen molar-refractivity contribution in [1.29, 1.82) is 0 Å². The van der Waals surface area contributed by atoms with Crippen molar-refractivity contribution in [3.8, 4) is 11.6 Å². The van der Waals surface area contributed by atoms with Crippen molar-refractivity contribution >= 4 is 44.9 Å². The van der Waals surface area contributed by atoms with E-state index >= 15 is 0 Å². The van der Waals surface area contributed by atoms with Crippen molar-refractivity contribution in [2.45, 2.75) is 121 Å². The molecule has 2 aliphatic carbocycles. The van der Waals surface area contributed by atoms with Crippen LogP contribution in [-0.2, 0) is 24.4 Å². The van der Waals surface area contributed by atoms with E-state index in [4.69, 9.17) is 9.47 Å². The van der Waals surface area contributed by atoms with Gasteiger partial charge in [-0.3, -0.25) is 24.0 Å². The highest BCUT2D eigenvalue weighted by Crippen LogP contribution is 2.47. The number of hydrogen-bond donors (Lipinski definition) is 3. The largest absolute Gasteiger partial charge is 0.497 e. The zero-order chi connectivity index (χ0) is 39.4. The number of ether oxygens (including phenoxy) is 2. The third kappa shape index (κ3) is 7.71. The van der Waals surface area contributed by atoms with Crippen molar-refractivity contribution in [1.82, 2.24) is 29.8 Å². The highest BCUT2D eigenvalue weighted by atomic mass is 32.2. The van der Waals surface area contributed by atoms with Gasteiger partial charge in [-0.25, -0.2) is 23.2 Å². The predicted molar refractivity (Wildman–Crippen MR) is 199 cm³/mol. The van der Waals surface area contributed by atoms with Crippen LogP contribution in [0.15, 0.2) is 36.5 Å². The molecule has 4 aliphatic rings. The van der Waals surface area contributed by atoms with E-state index < -0.39 is 79.7 Å². The maximum atomic E-state index is 14.9. The molecule has 54 heavy (non-hydrogen) atoms. The Hall–Kier alpha value is -4.47. The number of aromatic nitrogens is 2. The molecule has 3 N–H and O–H groups in total. The van der Waals surface area contributed by atoms with E-state index in [1.807, 2.05) is 19.1 Å². The summed E-state index contributed by atoms with van der Waals surface area (Å²) in [7, 11) is -2.48. The SMILES string of the molecule is COc1ccc2ncc(O[C@@H]3C[C@H]4C(=O)N[C@]5(C(=O)NS(=O)(=O)C6(C)CC6)C[C@H]5C=CCC[C@@H](C)C[C@@H](C)[C@H](N(C(=O)O)C(C)(C)C)C(=O)N4C3)nc2c1. The van der Waals surface area contributed by atoms with Crippen LogP contribution in [0.25, 0.3) is 11.0 Å². The van der Waals surface area contributed by atoms with Gasteiger partial charge in [0.1, 0.15) is 29.5 Å². The van der Waals surface area contributed by atoms with Gasteiger partial charge in [0.25, 0.3) is 5.91 Å². The fourth-order valence-corrected chi connectivity index (χ4v) is 9.21. The van der Waals surface area contributed by atoms with E-state index in [1.54, 1.807) is 45.9 Å². The number of fused-ring (bicyclic) bond motifs is 3. The van der Waals surface area contributed by atoms with E-state index in [0.717, 1.165) is 6.42 Å². The van der Waals surface area contributed by atoms with Crippen LogP contribution in [0.3, 0.4) is 0 Å². The Bertz CT molecular complexity index is 1960. The maximum Gasteiger partial charge on any atom is 0.408 e. The summed E-state index contributed by atoms with van der Waals surface area (Å²) < 4.78 is 39.2. The number of carbonyl (C=O) groups is 4. The summed E-state index contributed by atoms with van der Waals surface area (Å²) in [5.41, 5.74) is -1.42. The maximum absolute atomic E-state index is 14.9. The molecule has 1 aromatic heterocycles. The Labute approximate surface area is 316 Å². The van der Waals surface area contributed by atoms with Gasteiger partial charge in [0.2, 0.25) is 27.7 Å². The Balaban J connectivity index is 1.37. The van der Waals surface area contributed by atoms with Crippen LogP contribution in [0.2, 0.25) is 0 Å². The molecule has 2 aliphatic heterocycles. The average Bonchev–Trinajstić information content (AvgIpc) is 3.97. The molecule has 1 saturated heterocycles. The second-order valence-electron chi connectivity index (χ2n) is 16.8. The molecule has 294 valence electrons. The topological polar surface area (TPSA) is 197 Å². The zero-order valence-electron chi connectivity index (χ0n) is 32.0. The Morgan fingerprint density at radius 3 is 2.50 bits per heavy atom. The second kappa shape index (κ2) is 14.3. The number of hydrogen-bond acceptors (Lipinski definition) is 10. The van der Waals surface area contributed by atoms with Crippen molar-refractivity contribution in [3.63, 3.8) is 0 Å². The minimum Gasteiger partial charge on any atom is -0.497 e. The first-order valence-electron chi connectivity index (χ1n) is 18.6. The van der Waals surface area contributed by atoms with E-state index in [0.29, 0.717) is 42.5 Å². The summed E-state index contributed by atoms with van der Waals surface area (Å²) in [4.78, 5) is 67.8. The number of carbonyl (C=O) groups excluding carboxylic acids is 3. The van der Waals surface area contributed by atoms with Crippen LogP contribution >= 0.6 is 0 Å². The summed E-state index contributed by atoms with van der Waals surface area (Å²) >= 11 is 0. The number of amides is 4. The lowest BCUT2D eigenvalue weighted by Crippen LogP contribution is -2.62. The lowest BCUT2D eigenvalue weighted by Gasteiger charge is -2.43. The number of methoxy groups -OCH3 is 1. The summed E-state index contributed by atoms with van der Waals surface area (Å²) in [6, 6.07) is 2.89. The molecule has 2 aromatic rings. The zero-order valence-corrected chi connectivity index (χ0v) is 32.8. The highest BCUT2D eigenvalue weighted by molar-refractivity contribution is 7.91. The number of allylic oxidation sites excluding steroid dienone is 1. The second-order valence-corrected chi connectivity index (χ2v) is 19.0. The van der Waals surface area contributed by atoms with Gasteiger partial charge in [-0.1, -0.05) is 26.0 Å². The molecule has 7 atom stereocenters. The summed E-state index contributed by atoms with van der Waals surface area (Å²) in [5.74, 6) is -2.12. The van der Waals surface area contributed by atoms with Crippen molar-refractivity contribution in [3.05, 3.63) is 36.5 Å². The van der Waals surface area contributed by atoms with Gasteiger partial charge in [-0.2, -0.15) is 0 Å². The van der Waals surface area contributed by atoms with Crippen molar-refractivity contribution in [2.75, 3.05) is 13.7 Å². The molecule has 15 nitrogen and oxygen atoms in total. The standard InChI is InChI=1S/C38H52N6O9S/c1-22-10-8-9-11-24-19-38(24,34(47)42-54(50,51)37(6)14-15-37)41-32(45)29-18-26(53-30-20-39-27-13-12-25(52-7)17-28(27)40-30)21-43(29)33(46)31(23(2)16-22)44(35(48)49)36(3,4)5/h9,11-13,17,20,22-24,26,29,31H,8,10,14-16,18-19,21H2,1-7H3,(H,41,45)(H,42,47)(H,48,49)/t22-,23-,24-,26-,29+,31+,38-/m1/s1. The van der Waals surface area contributed by atoms with E-state index in [9.17, 15) is 32.7 Å². The van der Waals surface area contributed by atoms with Crippen LogP contribution in [-0.4, -0.2) is 105 Å². The van der Waals surface area contributed by atoms with Crippen LogP contribution in [0.4, 0.5) is 4.79 Å². The Morgan fingerprint density at radius 1 is 1.13 bits per heavy atom. The number of carboxylic acid groups (broad SMARTS) is 1. The molecule has 0 spiro atoms. The van der Waals surface area contributed by atoms with Gasteiger partial charge in [0.15, 0.2) is 0 Å². The average molecular weight is 769 g/mol. The van der Waals surface area contributed by atoms with Crippen LogP contribution in [0.5, 0.6) is 11.6 Å². The molecule has 4 amide bonds. The lowest BCUT2D eigenvalue weighted by molar-refractivity contribution is -0.146. The van der Waals surface area contributed by atoms with Crippen LogP contribution in [0.1, 0.15) is 86.5 Å². The minimum atomic E-state index is -4.01. The first-order chi connectivity index (χ1) is 25.3. The van der Waals surface area contributed by atoms with Gasteiger partial charge < -0.3 is 24.8 Å². The van der Waals surface area contributed by atoms with Gasteiger partial charge in [0.05, 0.1) is 35.6 Å². The molecule has 0 radical (unpaired) electrons. The van der Waals surface area contributed by atoms with Crippen LogP contribution in [0, 0.1) is 17.8 Å². The number of nitrogens with one attached hydrogen (secondary N) is 2. The third-order valence-corrected chi connectivity index (χ3v) is 13.6. The quantitative estimate of drug-likeness (QED) is 0.344. The van der Waals surface area contributed by atoms with Gasteiger partial charge in [-0.15, -0.1) is 0 Å². The summed E-state index contributed by atoms with van der Waals surface area (Å²) in [6.07, 6.45) is 6.15. The molecule has 6 rings (SSSR count). The Kier molecular flexibility index (Phi) is 10.4. The van der Waals surface area contributed by atoms with Gasteiger partial charge >= 0.3 is 6.09 Å². The number of sulfonamides is 1. The third-order valence-electron chi connectivity index (χ3n) is 11.4. The molecular formula is C38H52N6O9S. The molecule has 3 heterocycles. The van der Waals surface area contributed by atoms with E-state index in [1.165, 1.54) is 23.1 Å². The smallest absolute Gasteiger partial charge is 0.408 e. The van der Waals surface area contributed by atoms with Crippen LogP contribution < -0.4 is 19.5 Å². The minimum absolute atomic E-state index is 0.00985. The molecule has 1 aromatic carbocycles. The molecule has 2 saturated carbocycles. The van der Waals surface area contributed by atoms with Crippen molar-refractivity contribution in [2.24, 2.45) is 17.8 Å². The lowest BCUT2D eigenvalue weighted by atomic mass is 9.85. The van der Waals surface area contributed by atoms with Gasteiger partial charge in [-0.05, 0) is 90.2 Å². The van der Waals surface area contributed by atoms with E-state index in [-0.39, 0.29) is 31.2 Å². The Morgan fingerprint density at radius 2 is 1.85 bits per heavy atom. The molecular weight excluding hydrogens is 717 g/mol. The fourth-order valence-electron chi connectivity index (χ4n) is 7.89. The molecule has 16 heteroatoms. The highest BCUT2D eigenvalue weighted by Gasteiger charge is 2.63. The van der Waals surface area contributed by atoms with Gasteiger partial charge in [0, 0.05) is 23.9 Å². The first kappa shape index (κ1) is 39.2. The fraction of sp³-hybridized carbons (Fsp3) is 0.632. The molecule has 0 unspecified atom stereocenters. The molecule has 3 fully saturated rings. The monoisotopic (exact) mass is 768 g/mol. The number of nitrogens with zero attached hydrogens (tertiary/aromatic N) is 4. The number of benzene rings is 1. The summed E-state index contributed by atoms with van der Waals surface area (Å²) in [6.45, 7) is 10.6. The van der Waals surface area contributed by atoms with E-state index in [2.05, 4.69) is 26.9 Å². The first-order valence-corrected chi connectivity index (χ1v) is 20.1. The number of rotatable bonds is 7. The van der Waals surface area contributed by atoms with Crippen molar-refractivity contribution < 1.29 is 42.2 Å². The normalized spacial score (nSPS) is 29.9.